The minimum absolute atomic E-state index is 0.281. The molecule has 1 heterocycles. The summed E-state index contributed by atoms with van der Waals surface area (Å²) in [5.41, 5.74) is 12.4. The van der Waals surface area contributed by atoms with E-state index < -0.39 is 42.3 Å². The molecule has 13 nitrogen and oxygen atoms in total. The van der Waals surface area contributed by atoms with Crippen LogP contribution in [0.1, 0.15) is 0 Å². The van der Waals surface area contributed by atoms with Gasteiger partial charge in [-0.15, -0.1) is 15.2 Å². The van der Waals surface area contributed by atoms with Crippen molar-refractivity contribution in [2.45, 2.75) is 30.6 Å². The second kappa shape index (κ2) is 8.28. The zero-order valence-electron chi connectivity index (χ0n) is 10.1. The molecule has 0 aliphatic carbocycles. The summed E-state index contributed by atoms with van der Waals surface area (Å²) in [6, 6.07) is 0. The molecule has 1 rings (SSSR count). The molecule has 118 valence electrons. The number of nitrogens with two attached hydrogens (primary N) is 2. The first-order valence-electron chi connectivity index (χ1n) is 5.18. The molecule has 5 atom stereocenters. The summed E-state index contributed by atoms with van der Waals surface area (Å²) >= 11 is 0. The second-order valence-electron chi connectivity index (χ2n) is 3.65. The second-order valence-corrected chi connectivity index (χ2v) is 3.65. The molecule has 10 N–H and O–H groups in total. The Bertz CT molecular complexity index is 331. The fourth-order valence-electron chi connectivity index (χ4n) is 1.35. The molecule has 0 aromatic carbocycles. The van der Waals surface area contributed by atoms with Gasteiger partial charge in [-0.05, 0) is 0 Å². The van der Waals surface area contributed by atoms with Crippen LogP contribution in [-0.2, 0) is 4.74 Å². The Labute approximate surface area is 112 Å². The van der Waals surface area contributed by atoms with E-state index in [1.165, 1.54) is 0 Å². The number of nitrogens with one attached hydrogen (secondary N) is 1. The predicted octanol–water partition coefficient (Wildman–Crippen LogP) is -4.78. The number of hydrogen-bond donors (Lipinski definition) is 8. The molecule has 0 amide bonds. The number of ether oxygens (including phenoxy) is 1. The Balaban J connectivity index is 0.000000796. The minimum Gasteiger partial charge on any atom is -0.394 e. The molecule has 1 aliphatic rings. The van der Waals surface area contributed by atoms with E-state index >= 15 is 0 Å². The fourth-order valence-corrected chi connectivity index (χ4v) is 1.35. The third kappa shape index (κ3) is 5.81. The average Bonchev–Trinajstić information content (AvgIpc) is 2.34. The number of hydrogen-bond acceptors (Lipinski definition) is 9. The summed E-state index contributed by atoms with van der Waals surface area (Å²) in [5, 5.41) is 54.2. The maximum atomic E-state index is 9.50. The van der Waals surface area contributed by atoms with Crippen molar-refractivity contribution in [2.24, 2.45) is 16.6 Å². The first-order valence-corrected chi connectivity index (χ1v) is 5.18. The third-order valence-corrected chi connectivity index (χ3v) is 2.21. The number of aliphatic hydroxyl groups excluding tert-OH is 4. The first-order chi connectivity index (χ1) is 9.20. The van der Waals surface area contributed by atoms with Crippen LogP contribution in [0.2, 0.25) is 0 Å². The van der Waals surface area contributed by atoms with Gasteiger partial charge in [-0.2, -0.15) is 0 Å². The summed E-state index contributed by atoms with van der Waals surface area (Å²) in [4.78, 5) is 8.36. The number of guanidine groups is 1. The minimum atomic E-state index is -1.50. The van der Waals surface area contributed by atoms with Gasteiger partial charge >= 0.3 is 0 Å². The van der Waals surface area contributed by atoms with Crippen LogP contribution in [0.5, 0.6) is 0 Å². The van der Waals surface area contributed by atoms with E-state index in [1.807, 2.05) is 0 Å². The van der Waals surface area contributed by atoms with Crippen LogP contribution < -0.4 is 16.9 Å². The highest BCUT2D eigenvalue weighted by molar-refractivity contribution is 5.75. The van der Waals surface area contributed by atoms with Crippen molar-refractivity contribution in [3.8, 4) is 0 Å². The molecule has 13 heteroatoms. The molecule has 1 aliphatic heterocycles. The highest BCUT2D eigenvalue weighted by Gasteiger charge is 2.43. The summed E-state index contributed by atoms with van der Waals surface area (Å²) in [5.74, 6) is -0.281. The van der Waals surface area contributed by atoms with Gasteiger partial charge in [0.2, 0.25) is 5.96 Å². The van der Waals surface area contributed by atoms with Gasteiger partial charge in [0.05, 0.1) is 6.61 Å². The number of aliphatic hydroxyl groups is 4. The summed E-state index contributed by atoms with van der Waals surface area (Å²) in [6.45, 7) is -0.509. The summed E-state index contributed by atoms with van der Waals surface area (Å²) in [6.07, 6.45) is -6.39. The molecule has 5 unspecified atom stereocenters. The van der Waals surface area contributed by atoms with E-state index in [-0.39, 0.29) is 5.96 Å². The van der Waals surface area contributed by atoms with Crippen LogP contribution in [-0.4, -0.2) is 73.9 Å². The van der Waals surface area contributed by atoms with Crippen molar-refractivity contribution >= 4 is 5.96 Å². The molecule has 0 spiro atoms. The van der Waals surface area contributed by atoms with Crippen molar-refractivity contribution in [1.82, 2.24) is 5.43 Å². The van der Waals surface area contributed by atoms with Gasteiger partial charge in [0.1, 0.15) is 24.4 Å². The topological polar surface area (TPSA) is 230 Å². The van der Waals surface area contributed by atoms with E-state index in [4.69, 9.17) is 36.6 Å². The standard InChI is InChI=1S/C7H16N4O5.HNO3/c8-7(9)11-10-6-5(15)4(14)3(13)2(1-12)16-6;2-1(3)4/h2-6,10,12-15H,1H2,(H4,8,9,11);(H,2,3,4). The van der Waals surface area contributed by atoms with Gasteiger partial charge in [-0.25, -0.2) is 0 Å². The molecule has 1 fully saturated rings. The lowest BCUT2D eigenvalue weighted by molar-refractivity contribution is -0.742. The lowest BCUT2D eigenvalue weighted by atomic mass is 9.99. The Kier molecular flexibility index (Phi) is 7.48. The Hall–Kier alpha value is -1.93. The maximum Gasteiger partial charge on any atom is 0.291 e. The highest BCUT2D eigenvalue weighted by Crippen LogP contribution is 2.19. The molecule has 20 heavy (non-hydrogen) atoms. The Morgan fingerprint density at radius 1 is 1.30 bits per heavy atom. The lowest BCUT2D eigenvalue weighted by Crippen LogP contribution is -2.61. The summed E-state index contributed by atoms with van der Waals surface area (Å²) < 4.78 is 5.04. The lowest BCUT2D eigenvalue weighted by Gasteiger charge is -2.39. The molecular weight excluding hydrogens is 282 g/mol. The largest absolute Gasteiger partial charge is 0.394 e. The van der Waals surface area contributed by atoms with E-state index in [0.717, 1.165) is 0 Å². The quantitative estimate of drug-likeness (QED) is 0.107. The monoisotopic (exact) mass is 299 g/mol. The van der Waals surface area contributed by atoms with Gasteiger partial charge in [0, 0.05) is 0 Å². The molecule has 0 aromatic heterocycles. The first kappa shape index (κ1) is 18.1. The van der Waals surface area contributed by atoms with Crippen LogP contribution >= 0.6 is 0 Å². The van der Waals surface area contributed by atoms with Gasteiger partial charge in [-0.1, -0.05) is 0 Å². The van der Waals surface area contributed by atoms with Crippen molar-refractivity contribution < 1.29 is 35.5 Å². The summed E-state index contributed by atoms with van der Waals surface area (Å²) in [7, 11) is 0. The number of hydrazone groups is 1. The fraction of sp³-hybridized carbons (Fsp3) is 0.857. The SMILES string of the molecule is NC(N)=NNC1OC(CO)C(O)C(O)C1O.O=[N+]([O-])O. The highest BCUT2D eigenvalue weighted by atomic mass is 16.9. The maximum absolute atomic E-state index is 9.50. The van der Waals surface area contributed by atoms with Crippen LogP contribution in [0.4, 0.5) is 0 Å². The molecule has 1 saturated heterocycles. The van der Waals surface area contributed by atoms with Crippen molar-refractivity contribution in [1.29, 1.82) is 0 Å². The predicted molar refractivity (Wildman–Crippen MR) is 61.5 cm³/mol. The van der Waals surface area contributed by atoms with Gasteiger partial charge < -0.3 is 41.8 Å². The van der Waals surface area contributed by atoms with Crippen molar-refractivity contribution in [3.05, 3.63) is 10.1 Å². The van der Waals surface area contributed by atoms with E-state index in [2.05, 4.69) is 10.5 Å². The van der Waals surface area contributed by atoms with Gasteiger partial charge in [-0.3, -0.25) is 5.43 Å². The normalized spacial score (nSPS) is 32.5. The molecule has 0 saturated carbocycles. The van der Waals surface area contributed by atoms with Gasteiger partial charge in [0.15, 0.2) is 6.23 Å². The molecule has 0 bridgehead atoms. The van der Waals surface area contributed by atoms with Crippen LogP contribution in [0.25, 0.3) is 0 Å². The van der Waals surface area contributed by atoms with Crippen molar-refractivity contribution in [3.63, 3.8) is 0 Å². The average molecular weight is 299 g/mol. The number of nitrogens with zero attached hydrogens (tertiary/aromatic N) is 2. The zero-order chi connectivity index (χ0) is 15.9. The molecule has 0 aromatic rings. The van der Waals surface area contributed by atoms with Crippen LogP contribution in [0.3, 0.4) is 0 Å². The molecular formula is C7H17N5O8. The zero-order valence-corrected chi connectivity index (χ0v) is 10.1. The number of rotatable bonds is 3. The van der Waals surface area contributed by atoms with Crippen LogP contribution in [0.15, 0.2) is 5.10 Å². The Morgan fingerprint density at radius 2 is 1.80 bits per heavy atom. The van der Waals surface area contributed by atoms with Crippen LogP contribution in [0, 0.1) is 10.1 Å². The van der Waals surface area contributed by atoms with Crippen molar-refractivity contribution in [2.75, 3.05) is 6.61 Å². The van der Waals surface area contributed by atoms with E-state index in [1.54, 1.807) is 0 Å². The van der Waals surface area contributed by atoms with E-state index in [9.17, 15) is 15.3 Å². The third-order valence-electron chi connectivity index (χ3n) is 2.21. The Morgan fingerprint density at radius 3 is 2.20 bits per heavy atom. The van der Waals surface area contributed by atoms with E-state index in [0.29, 0.717) is 0 Å². The van der Waals surface area contributed by atoms with Gasteiger partial charge in [0.25, 0.3) is 5.09 Å². The molecule has 0 radical (unpaired) electrons. The smallest absolute Gasteiger partial charge is 0.291 e.